The summed E-state index contributed by atoms with van der Waals surface area (Å²) in [6.07, 6.45) is 4.01. The maximum absolute atomic E-state index is 12.3. The molecule has 0 atom stereocenters. The van der Waals surface area contributed by atoms with Crippen LogP contribution in [0.5, 0.6) is 0 Å². The lowest BCUT2D eigenvalue weighted by molar-refractivity contribution is -0.120. The zero-order valence-electron chi connectivity index (χ0n) is 14.5. The molecule has 4 aromatic rings. The fourth-order valence-corrected chi connectivity index (χ4v) is 3.10. The van der Waals surface area contributed by atoms with Crippen LogP contribution in [0, 0.1) is 0 Å². The van der Waals surface area contributed by atoms with E-state index in [1.54, 1.807) is 6.20 Å². The molecule has 26 heavy (non-hydrogen) atoms. The molecule has 2 heterocycles. The number of nitrogens with zero attached hydrogens (tertiary/aromatic N) is 2. The molecular weight excluding hydrogens is 326 g/mol. The molecule has 5 nitrogen and oxygen atoms in total. The Labute approximate surface area is 151 Å². The van der Waals surface area contributed by atoms with E-state index in [1.165, 1.54) is 0 Å². The molecule has 0 saturated heterocycles. The predicted octanol–water partition coefficient (Wildman–Crippen LogP) is 3.69. The predicted molar refractivity (Wildman–Crippen MR) is 100 cm³/mol. The first-order valence-electron chi connectivity index (χ1n) is 8.50. The first-order chi connectivity index (χ1) is 12.7. The van der Waals surface area contributed by atoms with Crippen LogP contribution in [0.25, 0.3) is 22.2 Å². The molecule has 1 amide bonds. The first-order valence-corrected chi connectivity index (χ1v) is 8.50. The highest BCUT2D eigenvalue weighted by Gasteiger charge is 2.12. The molecule has 0 fully saturated rings. The Morgan fingerprint density at radius 1 is 1.12 bits per heavy atom. The molecule has 1 N–H and O–H groups in total. The SMILES string of the molecule is Cn1cc(CC(=O)NCc2ncc(-c3ccccc3)o2)c2ccccc21. The second kappa shape index (κ2) is 6.88. The van der Waals surface area contributed by atoms with Gasteiger partial charge < -0.3 is 14.3 Å². The highest BCUT2D eigenvalue weighted by Crippen LogP contribution is 2.21. The number of hydrogen-bond acceptors (Lipinski definition) is 3. The minimum atomic E-state index is -0.0548. The summed E-state index contributed by atoms with van der Waals surface area (Å²) >= 11 is 0. The van der Waals surface area contributed by atoms with Gasteiger partial charge in [-0.15, -0.1) is 0 Å². The summed E-state index contributed by atoms with van der Waals surface area (Å²) < 4.78 is 7.75. The number of para-hydroxylation sites is 1. The number of nitrogens with one attached hydrogen (secondary N) is 1. The van der Waals surface area contributed by atoms with Gasteiger partial charge in [-0.05, 0) is 11.6 Å². The van der Waals surface area contributed by atoms with Gasteiger partial charge in [0.2, 0.25) is 11.8 Å². The second-order valence-electron chi connectivity index (χ2n) is 6.22. The van der Waals surface area contributed by atoms with Gasteiger partial charge in [0.1, 0.15) is 0 Å². The van der Waals surface area contributed by atoms with Crippen molar-refractivity contribution in [3.8, 4) is 11.3 Å². The molecule has 2 aromatic heterocycles. The van der Waals surface area contributed by atoms with Crippen LogP contribution in [0.15, 0.2) is 71.4 Å². The molecule has 0 aliphatic heterocycles. The van der Waals surface area contributed by atoms with Gasteiger partial charge >= 0.3 is 0 Å². The number of fused-ring (bicyclic) bond motifs is 1. The lowest BCUT2D eigenvalue weighted by Gasteiger charge is -2.02. The lowest BCUT2D eigenvalue weighted by Crippen LogP contribution is -2.24. The minimum Gasteiger partial charge on any atom is -0.439 e. The zero-order chi connectivity index (χ0) is 17.9. The van der Waals surface area contributed by atoms with Crippen LogP contribution in [0.4, 0.5) is 0 Å². The molecule has 0 unspecified atom stereocenters. The fourth-order valence-electron chi connectivity index (χ4n) is 3.10. The number of benzene rings is 2. The summed E-state index contributed by atoms with van der Waals surface area (Å²) in [5.74, 6) is 1.14. The van der Waals surface area contributed by atoms with E-state index in [9.17, 15) is 4.79 Å². The van der Waals surface area contributed by atoms with Gasteiger partial charge in [-0.1, -0.05) is 48.5 Å². The van der Waals surface area contributed by atoms with Crippen molar-refractivity contribution in [3.05, 3.63) is 78.4 Å². The number of rotatable bonds is 5. The molecule has 0 spiro atoms. The van der Waals surface area contributed by atoms with Gasteiger partial charge in [0.25, 0.3) is 0 Å². The number of aromatic nitrogens is 2. The molecule has 2 aromatic carbocycles. The molecule has 130 valence electrons. The van der Waals surface area contributed by atoms with E-state index >= 15 is 0 Å². The van der Waals surface area contributed by atoms with E-state index in [0.29, 0.717) is 18.1 Å². The number of carbonyl (C=O) groups is 1. The Morgan fingerprint density at radius 3 is 2.73 bits per heavy atom. The van der Waals surface area contributed by atoms with Crippen LogP contribution in [0.3, 0.4) is 0 Å². The number of aryl methyl sites for hydroxylation is 1. The summed E-state index contributed by atoms with van der Waals surface area (Å²) in [4.78, 5) is 16.6. The van der Waals surface area contributed by atoms with Gasteiger partial charge in [-0.25, -0.2) is 4.98 Å². The maximum Gasteiger partial charge on any atom is 0.224 e. The average molecular weight is 345 g/mol. The summed E-state index contributed by atoms with van der Waals surface area (Å²) in [5.41, 5.74) is 3.10. The third kappa shape index (κ3) is 3.24. The standard InChI is InChI=1S/C21H19N3O2/c1-24-14-16(17-9-5-6-10-18(17)24)11-20(25)22-13-21-23-12-19(26-21)15-7-3-2-4-8-15/h2-10,12,14H,11,13H2,1H3,(H,22,25). The van der Waals surface area contributed by atoms with Crippen molar-refractivity contribution < 1.29 is 9.21 Å². The molecule has 5 heteroatoms. The lowest BCUT2D eigenvalue weighted by atomic mass is 10.1. The highest BCUT2D eigenvalue weighted by atomic mass is 16.4. The van der Waals surface area contributed by atoms with E-state index in [1.807, 2.05) is 66.3 Å². The summed E-state index contributed by atoms with van der Waals surface area (Å²) in [6, 6.07) is 17.8. The van der Waals surface area contributed by atoms with Gasteiger partial charge in [0.15, 0.2) is 5.76 Å². The Hall–Kier alpha value is -3.34. The Morgan fingerprint density at radius 2 is 1.88 bits per heavy atom. The molecular formula is C21H19N3O2. The van der Waals surface area contributed by atoms with Gasteiger partial charge in [-0.2, -0.15) is 0 Å². The van der Waals surface area contributed by atoms with Crippen molar-refractivity contribution in [1.29, 1.82) is 0 Å². The topological polar surface area (TPSA) is 60.1 Å². The van der Waals surface area contributed by atoms with Gasteiger partial charge in [0.05, 0.1) is 19.2 Å². The van der Waals surface area contributed by atoms with Crippen molar-refractivity contribution >= 4 is 16.8 Å². The Bertz CT molecular complexity index is 1050. The summed E-state index contributed by atoms with van der Waals surface area (Å²) in [7, 11) is 1.99. The number of oxazole rings is 1. The minimum absolute atomic E-state index is 0.0548. The monoisotopic (exact) mass is 345 g/mol. The van der Waals surface area contributed by atoms with Crippen molar-refractivity contribution in [2.45, 2.75) is 13.0 Å². The van der Waals surface area contributed by atoms with Gasteiger partial charge in [0, 0.05) is 29.7 Å². The number of amides is 1. The van der Waals surface area contributed by atoms with Crippen LogP contribution in [0.1, 0.15) is 11.5 Å². The Kier molecular flexibility index (Phi) is 4.27. The average Bonchev–Trinajstić information content (AvgIpc) is 3.27. The van der Waals surface area contributed by atoms with E-state index in [-0.39, 0.29) is 12.5 Å². The van der Waals surface area contributed by atoms with E-state index < -0.39 is 0 Å². The molecule has 0 aliphatic carbocycles. The van der Waals surface area contributed by atoms with Crippen molar-refractivity contribution in [2.75, 3.05) is 0 Å². The highest BCUT2D eigenvalue weighted by molar-refractivity contribution is 5.89. The van der Waals surface area contributed by atoms with Crippen molar-refractivity contribution in [2.24, 2.45) is 7.05 Å². The van der Waals surface area contributed by atoms with Gasteiger partial charge in [-0.3, -0.25) is 4.79 Å². The van der Waals surface area contributed by atoms with Crippen molar-refractivity contribution in [1.82, 2.24) is 14.9 Å². The summed E-state index contributed by atoms with van der Waals surface area (Å²) in [6.45, 7) is 0.274. The van der Waals surface area contributed by atoms with Crippen LogP contribution in [-0.4, -0.2) is 15.5 Å². The van der Waals surface area contributed by atoms with E-state index in [0.717, 1.165) is 22.0 Å². The molecule has 0 aliphatic rings. The van der Waals surface area contributed by atoms with Crippen LogP contribution in [0.2, 0.25) is 0 Å². The second-order valence-corrected chi connectivity index (χ2v) is 6.22. The zero-order valence-corrected chi connectivity index (χ0v) is 14.5. The maximum atomic E-state index is 12.3. The van der Waals surface area contributed by atoms with Crippen LogP contribution in [-0.2, 0) is 24.8 Å². The fraction of sp³-hybridized carbons (Fsp3) is 0.143. The molecule has 0 saturated carbocycles. The normalized spacial score (nSPS) is 11.0. The molecule has 0 bridgehead atoms. The van der Waals surface area contributed by atoms with E-state index in [4.69, 9.17) is 4.42 Å². The first kappa shape index (κ1) is 16.1. The van der Waals surface area contributed by atoms with Crippen LogP contribution < -0.4 is 5.32 Å². The molecule has 0 radical (unpaired) electrons. The third-order valence-electron chi connectivity index (χ3n) is 4.38. The Balaban J connectivity index is 1.41. The van der Waals surface area contributed by atoms with Crippen molar-refractivity contribution in [3.63, 3.8) is 0 Å². The van der Waals surface area contributed by atoms with Crippen LogP contribution >= 0.6 is 0 Å². The molecule has 4 rings (SSSR count). The smallest absolute Gasteiger partial charge is 0.224 e. The quantitative estimate of drug-likeness (QED) is 0.600. The summed E-state index contributed by atoms with van der Waals surface area (Å²) in [5, 5.41) is 3.99. The van der Waals surface area contributed by atoms with E-state index in [2.05, 4.69) is 16.4 Å². The number of hydrogen-bond donors (Lipinski definition) is 1. The third-order valence-corrected chi connectivity index (χ3v) is 4.38. The largest absolute Gasteiger partial charge is 0.439 e. The number of carbonyl (C=O) groups excluding carboxylic acids is 1.